The SMILES string of the molecule is CCC([O])C(C)OC. The zero-order valence-electron chi connectivity index (χ0n) is 5.68. The highest BCUT2D eigenvalue weighted by atomic mass is 16.5. The van der Waals surface area contributed by atoms with Crippen molar-refractivity contribution < 1.29 is 9.84 Å². The van der Waals surface area contributed by atoms with Crippen LogP contribution in [0.3, 0.4) is 0 Å². The van der Waals surface area contributed by atoms with E-state index in [1.54, 1.807) is 14.0 Å². The van der Waals surface area contributed by atoms with Crippen LogP contribution in [0.15, 0.2) is 0 Å². The molecule has 0 aliphatic carbocycles. The van der Waals surface area contributed by atoms with Crippen LogP contribution in [-0.2, 0) is 9.84 Å². The fourth-order valence-corrected chi connectivity index (χ4v) is 0.484. The first-order valence-corrected chi connectivity index (χ1v) is 2.91. The zero-order chi connectivity index (χ0) is 6.57. The highest BCUT2D eigenvalue weighted by molar-refractivity contribution is 4.59. The van der Waals surface area contributed by atoms with Gasteiger partial charge in [-0.05, 0) is 13.3 Å². The van der Waals surface area contributed by atoms with Crippen LogP contribution in [-0.4, -0.2) is 19.3 Å². The summed E-state index contributed by atoms with van der Waals surface area (Å²) in [5, 5.41) is 10.7. The first-order valence-electron chi connectivity index (χ1n) is 2.91. The van der Waals surface area contributed by atoms with Gasteiger partial charge < -0.3 is 4.74 Å². The van der Waals surface area contributed by atoms with Crippen LogP contribution in [0.25, 0.3) is 0 Å². The van der Waals surface area contributed by atoms with E-state index in [1.165, 1.54) is 0 Å². The molecule has 0 aromatic rings. The highest BCUT2D eigenvalue weighted by Crippen LogP contribution is 2.00. The van der Waals surface area contributed by atoms with Crippen molar-refractivity contribution in [3.05, 3.63) is 0 Å². The molecule has 0 rings (SSSR count). The highest BCUT2D eigenvalue weighted by Gasteiger charge is 2.10. The minimum atomic E-state index is -0.556. The molecule has 0 fully saturated rings. The van der Waals surface area contributed by atoms with Gasteiger partial charge in [-0.15, -0.1) is 0 Å². The Bertz CT molecular complexity index is 46.5. The van der Waals surface area contributed by atoms with Gasteiger partial charge in [-0.1, -0.05) is 6.92 Å². The van der Waals surface area contributed by atoms with Crippen LogP contribution in [0.1, 0.15) is 20.3 Å². The van der Waals surface area contributed by atoms with E-state index in [1.807, 2.05) is 6.92 Å². The summed E-state index contributed by atoms with van der Waals surface area (Å²) >= 11 is 0. The monoisotopic (exact) mass is 117 g/mol. The summed E-state index contributed by atoms with van der Waals surface area (Å²) in [5.41, 5.74) is 0. The van der Waals surface area contributed by atoms with Crippen LogP contribution < -0.4 is 0 Å². The molecule has 8 heavy (non-hydrogen) atoms. The Morgan fingerprint density at radius 1 is 1.62 bits per heavy atom. The lowest BCUT2D eigenvalue weighted by Crippen LogP contribution is -2.22. The van der Waals surface area contributed by atoms with Crippen molar-refractivity contribution >= 4 is 0 Å². The van der Waals surface area contributed by atoms with Gasteiger partial charge in [-0.2, -0.15) is 0 Å². The Balaban J connectivity index is 3.29. The van der Waals surface area contributed by atoms with E-state index < -0.39 is 6.10 Å². The molecule has 2 nitrogen and oxygen atoms in total. The summed E-state index contributed by atoms with van der Waals surface area (Å²) < 4.78 is 4.79. The smallest absolute Gasteiger partial charge is 0.118 e. The van der Waals surface area contributed by atoms with Gasteiger partial charge >= 0.3 is 0 Å². The number of hydrogen-bond donors (Lipinski definition) is 0. The number of ether oxygens (including phenoxy) is 1. The second-order valence-electron chi connectivity index (χ2n) is 1.89. The molecule has 2 unspecified atom stereocenters. The second-order valence-corrected chi connectivity index (χ2v) is 1.89. The molecule has 0 bridgehead atoms. The zero-order valence-corrected chi connectivity index (χ0v) is 5.68. The van der Waals surface area contributed by atoms with Crippen LogP contribution >= 0.6 is 0 Å². The summed E-state index contributed by atoms with van der Waals surface area (Å²) in [7, 11) is 1.56. The molecule has 0 spiro atoms. The molecular formula is C6H13O2. The molecule has 0 aromatic heterocycles. The van der Waals surface area contributed by atoms with Crippen molar-refractivity contribution in [2.45, 2.75) is 32.5 Å². The lowest BCUT2D eigenvalue weighted by Gasteiger charge is -2.11. The van der Waals surface area contributed by atoms with Crippen molar-refractivity contribution in [3.8, 4) is 0 Å². The van der Waals surface area contributed by atoms with Crippen molar-refractivity contribution in [1.29, 1.82) is 0 Å². The predicted octanol–water partition coefficient (Wildman–Crippen LogP) is 1.23. The van der Waals surface area contributed by atoms with Gasteiger partial charge in [0, 0.05) is 7.11 Å². The molecular weight excluding hydrogens is 104 g/mol. The van der Waals surface area contributed by atoms with Crippen molar-refractivity contribution in [3.63, 3.8) is 0 Å². The van der Waals surface area contributed by atoms with Gasteiger partial charge in [-0.25, -0.2) is 5.11 Å². The number of rotatable bonds is 3. The fraction of sp³-hybridized carbons (Fsp3) is 1.00. The van der Waals surface area contributed by atoms with Gasteiger partial charge in [0.15, 0.2) is 0 Å². The van der Waals surface area contributed by atoms with E-state index >= 15 is 0 Å². The van der Waals surface area contributed by atoms with Gasteiger partial charge in [0.1, 0.15) is 6.10 Å². The molecule has 0 aliphatic heterocycles. The average Bonchev–Trinajstić information content (AvgIpc) is 1.84. The lowest BCUT2D eigenvalue weighted by molar-refractivity contribution is -0.0396. The second kappa shape index (κ2) is 3.87. The predicted molar refractivity (Wildman–Crippen MR) is 31.2 cm³/mol. The van der Waals surface area contributed by atoms with Gasteiger partial charge in [0.05, 0.1) is 6.10 Å². The molecule has 0 saturated heterocycles. The van der Waals surface area contributed by atoms with Gasteiger partial charge in [0.25, 0.3) is 0 Å². The summed E-state index contributed by atoms with van der Waals surface area (Å²) in [6.45, 7) is 3.66. The molecule has 0 N–H and O–H groups in total. The van der Waals surface area contributed by atoms with E-state index in [2.05, 4.69) is 0 Å². The Morgan fingerprint density at radius 2 is 2.12 bits per heavy atom. The van der Waals surface area contributed by atoms with Gasteiger partial charge in [-0.3, -0.25) is 0 Å². The standard InChI is InChI=1S/C6H13O2/c1-4-6(7)5(2)8-3/h5-6H,4H2,1-3H3. The normalized spacial score (nSPS) is 18.0. The Hall–Kier alpha value is -0.0800. The number of methoxy groups -OCH3 is 1. The average molecular weight is 117 g/mol. The van der Waals surface area contributed by atoms with E-state index in [9.17, 15) is 5.11 Å². The minimum Gasteiger partial charge on any atom is -0.379 e. The van der Waals surface area contributed by atoms with Gasteiger partial charge in [0.2, 0.25) is 0 Å². The molecule has 0 heterocycles. The Labute approximate surface area is 50.5 Å². The topological polar surface area (TPSA) is 29.1 Å². The first kappa shape index (κ1) is 7.92. The van der Waals surface area contributed by atoms with E-state index in [4.69, 9.17) is 4.74 Å². The summed E-state index contributed by atoms with van der Waals surface area (Å²) in [6.07, 6.45) is -0.0466. The molecule has 0 aliphatic rings. The largest absolute Gasteiger partial charge is 0.379 e. The summed E-state index contributed by atoms with van der Waals surface area (Å²) in [5.74, 6) is 0. The molecule has 0 aromatic carbocycles. The summed E-state index contributed by atoms with van der Waals surface area (Å²) in [6, 6.07) is 0. The maximum Gasteiger partial charge on any atom is 0.118 e. The first-order chi connectivity index (χ1) is 3.72. The molecule has 0 saturated carbocycles. The van der Waals surface area contributed by atoms with Crippen LogP contribution in [0.4, 0.5) is 0 Å². The third-order valence-electron chi connectivity index (χ3n) is 1.30. The van der Waals surface area contributed by atoms with Crippen molar-refractivity contribution in [2.75, 3.05) is 7.11 Å². The van der Waals surface area contributed by atoms with Crippen LogP contribution in [0.5, 0.6) is 0 Å². The third kappa shape index (κ3) is 2.28. The molecule has 0 amide bonds. The maximum absolute atomic E-state index is 10.7. The molecule has 1 radical (unpaired) electrons. The molecule has 2 atom stereocenters. The maximum atomic E-state index is 10.7. The Kier molecular flexibility index (Phi) is 3.83. The number of hydrogen-bond acceptors (Lipinski definition) is 1. The van der Waals surface area contributed by atoms with E-state index in [0.29, 0.717) is 6.42 Å². The molecule has 49 valence electrons. The van der Waals surface area contributed by atoms with Crippen LogP contribution in [0, 0.1) is 0 Å². The quantitative estimate of drug-likeness (QED) is 0.546. The van der Waals surface area contributed by atoms with E-state index in [-0.39, 0.29) is 6.10 Å². The minimum absolute atomic E-state index is 0.139. The van der Waals surface area contributed by atoms with Crippen LogP contribution in [0.2, 0.25) is 0 Å². The summed E-state index contributed by atoms with van der Waals surface area (Å²) in [4.78, 5) is 0. The Morgan fingerprint density at radius 3 is 2.25 bits per heavy atom. The van der Waals surface area contributed by atoms with E-state index in [0.717, 1.165) is 0 Å². The van der Waals surface area contributed by atoms with Crippen molar-refractivity contribution in [2.24, 2.45) is 0 Å². The van der Waals surface area contributed by atoms with Crippen molar-refractivity contribution in [1.82, 2.24) is 0 Å². The third-order valence-corrected chi connectivity index (χ3v) is 1.30. The fourth-order valence-electron chi connectivity index (χ4n) is 0.484. The lowest BCUT2D eigenvalue weighted by atomic mass is 10.2. The molecule has 2 heteroatoms.